The molecule has 3 rings (SSSR count). The monoisotopic (exact) mass is 325 g/mol. The molecule has 1 heterocycles. The minimum absolute atomic E-state index is 0.119. The van der Waals surface area contributed by atoms with Crippen LogP contribution in [0.3, 0.4) is 0 Å². The maximum absolute atomic E-state index is 12.7. The maximum atomic E-state index is 12.7. The molecule has 0 saturated heterocycles. The molecule has 0 aromatic heterocycles. The van der Waals surface area contributed by atoms with Crippen LogP contribution < -0.4 is 0 Å². The van der Waals surface area contributed by atoms with E-state index in [1.165, 1.54) is 0 Å². The Morgan fingerprint density at radius 2 is 2.08 bits per heavy atom. The van der Waals surface area contributed by atoms with Gasteiger partial charge in [-0.15, -0.1) is 0 Å². The van der Waals surface area contributed by atoms with E-state index < -0.39 is 5.92 Å². The molecule has 1 aliphatic carbocycles. The van der Waals surface area contributed by atoms with Crippen molar-refractivity contribution in [1.29, 1.82) is 0 Å². The molecule has 1 aromatic rings. The van der Waals surface area contributed by atoms with Crippen molar-refractivity contribution in [3.8, 4) is 0 Å². The van der Waals surface area contributed by atoms with Crippen LogP contribution in [0.25, 0.3) is 0 Å². The number of hydrogen-bond acceptors (Lipinski definition) is 4. The van der Waals surface area contributed by atoms with E-state index in [4.69, 9.17) is 4.74 Å². The summed E-state index contributed by atoms with van der Waals surface area (Å²) in [5, 5.41) is 0. The highest BCUT2D eigenvalue weighted by molar-refractivity contribution is 6.08. The second kappa shape index (κ2) is 6.71. The summed E-state index contributed by atoms with van der Waals surface area (Å²) in [7, 11) is 0. The molecule has 0 saturated carbocycles. The average Bonchev–Trinajstić information content (AvgIpc) is 2.54. The molecule has 1 aliphatic heterocycles. The molecule has 126 valence electrons. The molecule has 0 N–H and O–H groups in total. The molecule has 0 fully saturated rings. The fraction of sp³-hybridized carbons (Fsp3) is 0.450. The number of carbonyl (C=O) groups excluding carboxylic acids is 2. The van der Waals surface area contributed by atoms with Crippen LogP contribution in [0.5, 0.6) is 0 Å². The number of ketones is 1. The number of nitrogens with zero attached hydrogens (tertiary/aromatic N) is 1. The highest BCUT2D eigenvalue weighted by atomic mass is 16.5. The predicted molar refractivity (Wildman–Crippen MR) is 93.0 cm³/mol. The van der Waals surface area contributed by atoms with Gasteiger partial charge in [-0.2, -0.15) is 0 Å². The maximum Gasteiger partial charge on any atom is 0.315 e. The zero-order valence-corrected chi connectivity index (χ0v) is 14.5. The van der Waals surface area contributed by atoms with Crippen molar-refractivity contribution in [3.05, 3.63) is 46.7 Å². The van der Waals surface area contributed by atoms with Crippen molar-refractivity contribution in [2.45, 2.75) is 46.0 Å². The summed E-state index contributed by atoms with van der Waals surface area (Å²) in [5.41, 5.74) is 4.42. The number of Topliss-reactive ketones (excluding diaryl/α,β-unsaturated/α-hetero) is 1. The van der Waals surface area contributed by atoms with Gasteiger partial charge in [0.05, 0.1) is 6.61 Å². The van der Waals surface area contributed by atoms with Crippen LogP contribution in [-0.2, 0) is 14.3 Å². The van der Waals surface area contributed by atoms with Crippen molar-refractivity contribution in [2.24, 2.45) is 10.9 Å². The normalized spacial score (nSPS) is 23.6. The molecule has 4 nitrogen and oxygen atoms in total. The van der Waals surface area contributed by atoms with E-state index >= 15 is 0 Å². The Hall–Kier alpha value is -2.23. The Morgan fingerprint density at radius 1 is 1.29 bits per heavy atom. The number of aryl methyl sites for hydroxylation is 1. The molecule has 0 radical (unpaired) electrons. The minimum Gasteiger partial charge on any atom is -0.465 e. The van der Waals surface area contributed by atoms with Crippen LogP contribution in [-0.4, -0.2) is 24.1 Å². The number of rotatable bonds is 3. The third-order valence-electron chi connectivity index (χ3n) is 4.78. The topological polar surface area (TPSA) is 55.7 Å². The van der Waals surface area contributed by atoms with Gasteiger partial charge in [-0.3, -0.25) is 14.6 Å². The molecular formula is C20H23NO3. The molecule has 0 bridgehead atoms. The van der Waals surface area contributed by atoms with Gasteiger partial charge in [0.25, 0.3) is 0 Å². The molecular weight excluding hydrogens is 302 g/mol. The van der Waals surface area contributed by atoms with E-state index in [0.29, 0.717) is 13.0 Å². The van der Waals surface area contributed by atoms with Crippen LogP contribution in [0.15, 0.2) is 40.5 Å². The minimum atomic E-state index is -0.521. The summed E-state index contributed by atoms with van der Waals surface area (Å²) in [6, 6.07) is 8.04. The molecule has 1 unspecified atom stereocenters. The number of carbonyl (C=O) groups is 2. The highest BCUT2D eigenvalue weighted by Gasteiger charge is 2.42. The fourth-order valence-corrected chi connectivity index (χ4v) is 3.77. The Labute approximate surface area is 142 Å². The van der Waals surface area contributed by atoms with Crippen LogP contribution in [0, 0.1) is 12.8 Å². The van der Waals surface area contributed by atoms with Crippen LogP contribution in [0.2, 0.25) is 0 Å². The van der Waals surface area contributed by atoms with Gasteiger partial charge in [0.2, 0.25) is 0 Å². The quantitative estimate of drug-likeness (QED) is 0.796. The summed E-state index contributed by atoms with van der Waals surface area (Å²) in [4.78, 5) is 29.9. The third-order valence-corrected chi connectivity index (χ3v) is 4.78. The zero-order valence-electron chi connectivity index (χ0n) is 14.5. The summed E-state index contributed by atoms with van der Waals surface area (Å²) in [6.07, 6.45) is 2.17. The van der Waals surface area contributed by atoms with Gasteiger partial charge in [0, 0.05) is 29.3 Å². The van der Waals surface area contributed by atoms with Gasteiger partial charge < -0.3 is 4.74 Å². The molecule has 2 atom stereocenters. The predicted octanol–water partition coefficient (Wildman–Crippen LogP) is 3.74. The lowest BCUT2D eigenvalue weighted by Gasteiger charge is -2.34. The van der Waals surface area contributed by atoms with Crippen LogP contribution in [0.1, 0.15) is 50.2 Å². The number of aliphatic imine (C=N–C) groups is 1. The fourth-order valence-electron chi connectivity index (χ4n) is 3.77. The van der Waals surface area contributed by atoms with E-state index in [1.54, 1.807) is 6.92 Å². The lowest BCUT2D eigenvalue weighted by atomic mass is 9.71. The number of allylic oxidation sites excluding steroid dienone is 2. The van der Waals surface area contributed by atoms with E-state index in [1.807, 2.05) is 32.0 Å². The first-order valence-electron chi connectivity index (χ1n) is 8.57. The van der Waals surface area contributed by atoms with Gasteiger partial charge >= 0.3 is 5.97 Å². The van der Waals surface area contributed by atoms with Crippen molar-refractivity contribution in [3.63, 3.8) is 0 Å². The van der Waals surface area contributed by atoms with E-state index in [9.17, 15) is 9.59 Å². The SMILES string of the molecule is CCOC(=O)C1C(C)=NC2=C(C(=O)CCC2)[C@H]1c1cccc(C)c1. The second-order valence-electron chi connectivity index (χ2n) is 6.51. The first-order chi connectivity index (χ1) is 11.5. The van der Waals surface area contributed by atoms with Crippen LogP contribution >= 0.6 is 0 Å². The summed E-state index contributed by atoms with van der Waals surface area (Å²) in [5.74, 6) is -0.986. The summed E-state index contributed by atoms with van der Waals surface area (Å²) in [6.45, 7) is 6.01. The van der Waals surface area contributed by atoms with Crippen molar-refractivity contribution < 1.29 is 14.3 Å². The highest BCUT2D eigenvalue weighted by Crippen LogP contribution is 2.43. The largest absolute Gasteiger partial charge is 0.465 e. The number of hydrogen-bond donors (Lipinski definition) is 0. The second-order valence-corrected chi connectivity index (χ2v) is 6.51. The summed E-state index contributed by atoms with van der Waals surface area (Å²) < 4.78 is 5.30. The Balaban J connectivity index is 2.15. The standard InChI is InChI=1S/C20H23NO3/c1-4-24-20(23)17-13(3)21-15-9-6-10-16(22)19(15)18(17)14-8-5-7-12(2)11-14/h5,7-8,11,17-18H,4,6,9-10H2,1-3H3/t17?,18-/m0/s1. The third kappa shape index (κ3) is 2.93. The molecule has 24 heavy (non-hydrogen) atoms. The molecule has 2 aliphatic rings. The Bertz CT molecular complexity index is 745. The van der Waals surface area contributed by atoms with Crippen LogP contribution in [0.4, 0.5) is 0 Å². The lowest BCUT2D eigenvalue weighted by Crippen LogP contribution is -2.37. The van der Waals surface area contributed by atoms with E-state index in [2.05, 4.69) is 11.1 Å². The zero-order chi connectivity index (χ0) is 17.3. The first-order valence-corrected chi connectivity index (χ1v) is 8.57. The lowest BCUT2D eigenvalue weighted by molar-refractivity contribution is -0.146. The Kier molecular flexibility index (Phi) is 4.65. The molecule has 4 heteroatoms. The first kappa shape index (κ1) is 16.6. The van der Waals surface area contributed by atoms with Gasteiger partial charge in [0.1, 0.15) is 5.92 Å². The van der Waals surface area contributed by atoms with E-state index in [0.717, 1.165) is 41.0 Å². The van der Waals surface area contributed by atoms with Crippen molar-refractivity contribution in [2.75, 3.05) is 6.61 Å². The number of esters is 1. The van der Waals surface area contributed by atoms with E-state index in [-0.39, 0.29) is 17.7 Å². The Morgan fingerprint density at radius 3 is 2.79 bits per heavy atom. The van der Waals surface area contributed by atoms with Gasteiger partial charge in [0.15, 0.2) is 5.78 Å². The number of ether oxygens (including phenoxy) is 1. The summed E-state index contributed by atoms with van der Waals surface area (Å²) >= 11 is 0. The smallest absolute Gasteiger partial charge is 0.315 e. The molecule has 1 aromatic carbocycles. The average molecular weight is 325 g/mol. The van der Waals surface area contributed by atoms with Gasteiger partial charge in [-0.25, -0.2) is 0 Å². The number of benzene rings is 1. The van der Waals surface area contributed by atoms with Crippen molar-refractivity contribution in [1.82, 2.24) is 0 Å². The van der Waals surface area contributed by atoms with Gasteiger partial charge in [-0.05, 0) is 39.2 Å². The van der Waals surface area contributed by atoms with Gasteiger partial charge in [-0.1, -0.05) is 29.8 Å². The van der Waals surface area contributed by atoms with Crippen molar-refractivity contribution >= 4 is 17.5 Å². The molecule has 0 amide bonds. The molecule has 0 spiro atoms.